The molecule has 1 aliphatic carbocycles. The summed E-state index contributed by atoms with van der Waals surface area (Å²) in [5.74, 6) is -1.97. The number of fused-ring (bicyclic) bond motifs is 1. The summed E-state index contributed by atoms with van der Waals surface area (Å²) < 4.78 is 26.9. The second kappa shape index (κ2) is 7.53. The number of hydrogen-bond donors (Lipinski definition) is 1. The van der Waals surface area contributed by atoms with E-state index in [4.69, 9.17) is 0 Å². The molecule has 3 aromatic rings. The van der Waals surface area contributed by atoms with Crippen molar-refractivity contribution in [1.29, 1.82) is 0 Å². The lowest BCUT2D eigenvalue weighted by Gasteiger charge is -2.22. The Balaban J connectivity index is 1.35. The maximum atomic E-state index is 13.8. The molecule has 2 amide bonds. The number of carbonyl (C=O) groups is 2. The van der Waals surface area contributed by atoms with Gasteiger partial charge in [0.15, 0.2) is 5.13 Å². The molecule has 5 nitrogen and oxygen atoms in total. The predicted molar refractivity (Wildman–Crippen MR) is 115 cm³/mol. The topological polar surface area (TPSA) is 62.3 Å². The lowest BCUT2D eigenvalue weighted by Crippen LogP contribution is -2.36. The van der Waals surface area contributed by atoms with E-state index in [-0.39, 0.29) is 23.4 Å². The molecule has 31 heavy (non-hydrogen) atoms. The van der Waals surface area contributed by atoms with Crippen molar-refractivity contribution in [3.8, 4) is 11.3 Å². The molecule has 0 saturated heterocycles. The van der Waals surface area contributed by atoms with Gasteiger partial charge >= 0.3 is 0 Å². The molecule has 5 rings (SSSR count). The number of nitrogens with zero attached hydrogens (tertiary/aromatic N) is 2. The third-order valence-electron chi connectivity index (χ3n) is 5.66. The summed E-state index contributed by atoms with van der Waals surface area (Å²) >= 11 is 1.22. The van der Waals surface area contributed by atoms with E-state index >= 15 is 0 Å². The molecule has 1 saturated carbocycles. The van der Waals surface area contributed by atoms with Crippen molar-refractivity contribution < 1.29 is 18.4 Å². The number of amides is 2. The van der Waals surface area contributed by atoms with Crippen molar-refractivity contribution in [2.75, 3.05) is 10.2 Å². The first-order valence-corrected chi connectivity index (χ1v) is 11.0. The van der Waals surface area contributed by atoms with E-state index in [1.165, 1.54) is 11.3 Å². The molecule has 0 bridgehead atoms. The third kappa shape index (κ3) is 3.72. The first-order valence-electron chi connectivity index (χ1n) is 10.1. The highest BCUT2D eigenvalue weighted by Crippen LogP contribution is 2.40. The number of benzene rings is 2. The van der Waals surface area contributed by atoms with E-state index in [1.54, 1.807) is 0 Å². The van der Waals surface area contributed by atoms with Crippen LogP contribution in [0.5, 0.6) is 0 Å². The number of anilines is 2. The predicted octanol–water partition coefficient (Wildman–Crippen LogP) is 5.03. The van der Waals surface area contributed by atoms with Crippen LogP contribution < -0.4 is 10.2 Å². The van der Waals surface area contributed by atoms with Gasteiger partial charge in [0, 0.05) is 34.7 Å². The Bertz CT molecular complexity index is 1210. The van der Waals surface area contributed by atoms with Crippen molar-refractivity contribution in [2.24, 2.45) is 5.92 Å². The van der Waals surface area contributed by atoms with Crippen LogP contribution in [0.2, 0.25) is 0 Å². The molecule has 0 spiro atoms. The smallest absolute Gasteiger partial charge is 0.260 e. The standard InChI is InChI=1S/C23H19F2N3O2S/c1-12-8-15-9-14(4-7-20(15)28(12)22(30)13-2-3-13)19-11-31-23(26-19)27-21(29)17-6-5-16(24)10-18(17)25/h4-7,9-13H,2-3,8H2,1H3,(H,26,27,29). The van der Waals surface area contributed by atoms with Crippen molar-refractivity contribution in [3.63, 3.8) is 0 Å². The van der Waals surface area contributed by atoms with Crippen LogP contribution >= 0.6 is 11.3 Å². The van der Waals surface area contributed by atoms with Crippen molar-refractivity contribution in [2.45, 2.75) is 32.2 Å². The molecule has 158 valence electrons. The molecule has 1 aromatic heterocycles. The maximum absolute atomic E-state index is 13.8. The lowest BCUT2D eigenvalue weighted by atomic mass is 10.1. The van der Waals surface area contributed by atoms with Crippen molar-refractivity contribution >= 4 is 34.0 Å². The largest absolute Gasteiger partial charge is 0.309 e. The van der Waals surface area contributed by atoms with Crippen LogP contribution in [0.1, 0.15) is 35.7 Å². The monoisotopic (exact) mass is 439 g/mol. The quantitative estimate of drug-likeness (QED) is 0.620. The van der Waals surface area contributed by atoms with Crippen LogP contribution in [0.4, 0.5) is 19.6 Å². The molecule has 2 aliphatic rings. The van der Waals surface area contributed by atoms with Gasteiger partial charge in [-0.1, -0.05) is 6.07 Å². The van der Waals surface area contributed by atoms with Crippen LogP contribution in [0.15, 0.2) is 41.8 Å². The lowest BCUT2D eigenvalue weighted by molar-refractivity contribution is -0.120. The Labute approximate surface area is 181 Å². The molecule has 8 heteroatoms. The average molecular weight is 439 g/mol. The maximum Gasteiger partial charge on any atom is 0.260 e. The summed E-state index contributed by atoms with van der Waals surface area (Å²) in [5, 5.41) is 4.69. The number of carbonyl (C=O) groups excluding carboxylic acids is 2. The summed E-state index contributed by atoms with van der Waals surface area (Å²) in [6, 6.07) is 8.86. The van der Waals surface area contributed by atoms with Crippen LogP contribution in [-0.4, -0.2) is 22.8 Å². The van der Waals surface area contributed by atoms with E-state index in [1.807, 2.05) is 28.5 Å². The van der Waals surface area contributed by atoms with E-state index in [0.717, 1.165) is 48.2 Å². The fourth-order valence-corrected chi connectivity index (χ4v) is 4.67. The Morgan fingerprint density at radius 3 is 2.71 bits per heavy atom. The molecule has 2 aromatic carbocycles. The summed E-state index contributed by atoms with van der Waals surface area (Å²) in [4.78, 5) is 31.3. The molecule has 1 atom stereocenters. The molecule has 0 radical (unpaired) electrons. The Kier molecular flexibility index (Phi) is 4.81. The zero-order chi connectivity index (χ0) is 21.7. The SMILES string of the molecule is CC1Cc2cc(-c3csc(NC(=O)c4ccc(F)cc4F)n3)ccc2N1C(=O)C1CC1. The first-order chi connectivity index (χ1) is 14.9. The summed E-state index contributed by atoms with van der Waals surface area (Å²) in [6.07, 6.45) is 2.74. The van der Waals surface area contributed by atoms with E-state index in [9.17, 15) is 18.4 Å². The van der Waals surface area contributed by atoms with Gasteiger partial charge in [-0.3, -0.25) is 14.9 Å². The number of thiazole rings is 1. The van der Waals surface area contributed by atoms with Crippen molar-refractivity contribution in [3.05, 3.63) is 64.5 Å². The molecular weight excluding hydrogens is 420 g/mol. The summed E-state index contributed by atoms with van der Waals surface area (Å²) in [7, 11) is 0. The zero-order valence-corrected chi connectivity index (χ0v) is 17.5. The second-order valence-corrected chi connectivity index (χ2v) is 8.85. The highest BCUT2D eigenvalue weighted by atomic mass is 32.1. The van der Waals surface area contributed by atoms with Crippen LogP contribution in [0.3, 0.4) is 0 Å². The Morgan fingerprint density at radius 1 is 1.16 bits per heavy atom. The normalized spacial score (nSPS) is 17.5. The zero-order valence-electron chi connectivity index (χ0n) is 16.7. The number of nitrogens with one attached hydrogen (secondary N) is 1. The highest BCUT2D eigenvalue weighted by molar-refractivity contribution is 7.14. The highest BCUT2D eigenvalue weighted by Gasteiger charge is 2.39. The third-order valence-corrected chi connectivity index (χ3v) is 6.41. The Hall–Kier alpha value is -3.13. The molecule has 2 heterocycles. The van der Waals surface area contributed by atoms with Gasteiger partial charge in [-0.15, -0.1) is 11.3 Å². The van der Waals surface area contributed by atoms with E-state index in [0.29, 0.717) is 16.9 Å². The summed E-state index contributed by atoms with van der Waals surface area (Å²) in [5.41, 5.74) is 3.39. The fourth-order valence-electron chi connectivity index (χ4n) is 3.96. The van der Waals surface area contributed by atoms with Gasteiger partial charge in [-0.05, 0) is 56.0 Å². The minimum absolute atomic E-state index is 0.134. The summed E-state index contributed by atoms with van der Waals surface area (Å²) in [6.45, 7) is 2.06. The Morgan fingerprint density at radius 2 is 1.97 bits per heavy atom. The van der Waals surface area contributed by atoms with Crippen LogP contribution in [0, 0.1) is 17.6 Å². The molecule has 1 N–H and O–H groups in total. The van der Waals surface area contributed by atoms with E-state index in [2.05, 4.69) is 17.2 Å². The molecular formula is C23H19F2N3O2S. The fraction of sp³-hybridized carbons (Fsp3) is 0.261. The van der Waals surface area contributed by atoms with Gasteiger partial charge in [0.1, 0.15) is 11.6 Å². The van der Waals surface area contributed by atoms with Crippen LogP contribution in [-0.2, 0) is 11.2 Å². The molecule has 1 aliphatic heterocycles. The van der Waals surface area contributed by atoms with Gasteiger partial charge in [-0.2, -0.15) is 0 Å². The van der Waals surface area contributed by atoms with Crippen molar-refractivity contribution in [1.82, 2.24) is 4.98 Å². The number of rotatable bonds is 4. The number of halogens is 2. The minimum atomic E-state index is -0.924. The molecule has 1 fully saturated rings. The van der Waals surface area contributed by atoms with Gasteiger partial charge in [0.2, 0.25) is 5.91 Å². The first kappa shape index (κ1) is 19.8. The van der Waals surface area contributed by atoms with Crippen LogP contribution in [0.25, 0.3) is 11.3 Å². The van der Waals surface area contributed by atoms with E-state index < -0.39 is 17.5 Å². The average Bonchev–Trinajstić information content (AvgIpc) is 3.39. The van der Waals surface area contributed by atoms with Gasteiger partial charge in [0.25, 0.3) is 5.91 Å². The number of hydrogen-bond acceptors (Lipinski definition) is 4. The van der Waals surface area contributed by atoms with Gasteiger partial charge < -0.3 is 4.90 Å². The van der Waals surface area contributed by atoms with Gasteiger partial charge in [0.05, 0.1) is 11.3 Å². The number of aromatic nitrogens is 1. The molecule has 1 unspecified atom stereocenters. The minimum Gasteiger partial charge on any atom is -0.309 e. The second-order valence-electron chi connectivity index (χ2n) is 8.00. The van der Waals surface area contributed by atoms with Gasteiger partial charge in [-0.25, -0.2) is 13.8 Å².